The van der Waals surface area contributed by atoms with E-state index in [0.29, 0.717) is 11.1 Å². The first-order valence-corrected chi connectivity index (χ1v) is 11.2. The van der Waals surface area contributed by atoms with Gasteiger partial charge in [-0.1, -0.05) is 71.0 Å². The van der Waals surface area contributed by atoms with E-state index >= 15 is 0 Å². The molecule has 0 aliphatic rings. The van der Waals surface area contributed by atoms with E-state index in [2.05, 4.69) is 25.6 Å². The van der Waals surface area contributed by atoms with Crippen molar-refractivity contribution in [2.24, 2.45) is 0 Å². The number of rotatable bonds is 7. The molecular weight excluding hydrogens is 503 g/mol. The van der Waals surface area contributed by atoms with Gasteiger partial charge < -0.3 is 19.5 Å². The molecule has 0 fully saturated rings. The fourth-order valence-corrected chi connectivity index (χ4v) is 3.68. The van der Waals surface area contributed by atoms with Crippen molar-refractivity contribution in [1.82, 2.24) is 25.6 Å². The molecule has 9 nitrogen and oxygen atoms in total. The van der Waals surface area contributed by atoms with Gasteiger partial charge in [0.1, 0.15) is 5.56 Å². The van der Waals surface area contributed by atoms with Crippen molar-refractivity contribution in [3.63, 3.8) is 0 Å². The SMILES string of the molecule is O=C(NCc1cccnc1)C(O)c1ccc(-c2noc(-c3noc(-c4ccccc4)c3C(F)(F)F)n2)cc1. The first-order chi connectivity index (χ1) is 18.3. The number of aliphatic hydroxyl groups is 1. The molecule has 3 aromatic heterocycles. The molecule has 0 saturated carbocycles. The fourth-order valence-electron chi connectivity index (χ4n) is 3.68. The van der Waals surface area contributed by atoms with Crippen molar-refractivity contribution in [3.05, 3.63) is 95.8 Å². The number of halogens is 3. The molecule has 5 rings (SSSR count). The lowest BCUT2D eigenvalue weighted by Gasteiger charge is -2.12. The number of carbonyl (C=O) groups is 1. The molecule has 2 aromatic carbocycles. The smallest absolute Gasteiger partial charge is 0.378 e. The van der Waals surface area contributed by atoms with Gasteiger partial charge in [-0.3, -0.25) is 9.78 Å². The Morgan fingerprint density at radius 1 is 0.947 bits per heavy atom. The molecule has 1 amide bonds. The minimum Gasteiger partial charge on any atom is -0.378 e. The maximum Gasteiger partial charge on any atom is 0.422 e. The summed E-state index contributed by atoms with van der Waals surface area (Å²) in [4.78, 5) is 20.3. The van der Waals surface area contributed by atoms with Gasteiger partial charge in [-0.2, -0.15) is 18.2 Å². The predicted molar refractivity (Wildman–Crippen MR) is 127 cm³/mol. The third kappa shape index (κ3) is 5.15. The van der Waals surface area contributed by atoms with Crippen LogP contribution >= 0.6 is 0 Å². The summed E-state index contributed by atoms with van der Waals surface area (Å²) in [5.74, 6) is -1.56. The standard InChI is InChI=1S/C26H18F3N5O4/c27-26(28,29)19-20(33-37-22(19)17-6-2-1-3-7-17)25-32-23(34-38-25)18-10-8-16(9-11-18)21(35)24(36)31-14-15-5-4-12-30-13-15/h1-13,21,35H,14H2,(H,31,36). The molecule has 3 heterocycles. The molecule has 0 radical (unpaired) electrons. The molecule has 5 aromatic rings. The molecular formula is C26H18F3N5O4. The fraction of sp³-hybridized carbons (Fsp3) is 0.115. The quantitative estimate of drug-likeness (QED) is 0.312. The number of nitrogens with one attached hydrogen (secondary N) is 1. The van der Waals surface area contributed by atoms with Crippen LogP contribution in [0.2, 0.25) is 0 Å². The van der Waals surface area contributed by atoms with Crippen LogP contribution in [0.5, 0.6) is 0 Å². The predicted octanol–water partition coefficient (Wildman–Crippen LogP) is 4.82. The second kappa shape index (κ2) is 10.3. The molecule has 1 unspecified atom stereocenters. The van der Waals surface area contributed by atoms with Gasteiger partial charge in [0, 0.05) is 30.1 Å². The third-order valence-corrected chi connectivity index (χ3v) is 5.56. The first kappa shape index (κ1) is 24.8. The summed E-state index contributed by atoms with van der Waals surface area (Å²) >= 11 is 0. The summed E-state index contributed by atoms with van der Waals surface area (Å²) in [5, 5.41) is 20.3. The van der Waals surface area contributed by atoms with E-state index in [-0.39, 0.29) is 17.9 Å². The number of carbonyl (C=O) groups excluding carboxylic acids is 1. The molecule has 192 valence electrons. The number of pyridine rings is 1. The van der Waals surface area contributed by atoms with Gasteiger partial charge in [-0.15, -0.1) is 0 Å². The Balaban J connectivity index is 1.34. The largest absolute Gasteiger partial charge is 0.422 e. The molecule has 0 bridgehead atoms. The number of amides is 1. The van der Waals surface area contributed by atoms with Crippen LogP contribution < -0.4 is 5.32 Å². The van der Waals surface area contributed by atoms with Crippen LogP contribution in [0.1, 0.15) is 22.8 Å². The Labute approximate surface area is 212 Å². The zero-order valence-corrected chi connectivity index (χ0v) is 19.4. The zero-order chi connectivity index (χ0) is 26.7. The number of aliphatic hydroxyl groups excluding tert-OH is 1. The lowest BCUT2D eigenvalue weighted by Crippen LogP contribution is -2.28. The minimum absolute atomic E-state index is 0.0144. The average molecular weight is 521 g/mol. The summed E-state index contributed by atoms with van der Waals surface area (Å²) in [6.45, 7) is 0.196. The number of hydrogen-bond acceptors (Lipinski definition) is 8. The highest BCUT2D eigenvalue weighted by Gasteiger charge is 2.42. The van der Waals surface area contributed by atoms with E-state index in [1.807, 2.05) is 0 Å². The van der Waals surface area contributed by atoms with Crippen molar-refractivity contribution in [1.29, 1.82) is 0 Å². The monoisotopic (exact) mass is 521 g/mol. The third-order valence-electron chi connectivity index (χ3n) is 5.56. The van der Waals surface area contributed by atoms with E-state index in [0.717, 1.165) is 5.56 Å². The number of alkyl halides is 3. The van der Waals surface area contributed by atoms with Crippen molar-refractivity contribution in [2.75, 3.05) is 0 Å². The van der Waals surface area contributed by atoms with Gasteiger partial charge in [0.25, 0.3) is 11.8 Å². The van der Waals surface area contributed by atoms with Crippen LogP contribution in [0, 0.1) is 0 Å². The first-order valence-electron chi connectivity index (χ1n) is 11.2. The molecule has 0 saturated heterocycles. The molecule has 0 aliphatic heterocycles. The Hall–Kier alpha value is -4.84. The highest BCUT2D eigenvalue weighted by atomic mass is 19.4. The second-order valence-electron chi connectivity index (χ2n) is 8.13. The van der Waals surface area contributed by atoms with Crippen molar-refractivity contribution >= 4 is 5.91 Å². The van der Waals surface area contributed by atoms with Crippen LogP contribution in [0.3, 0.4) is 0 Å². The van der Waals surface area contributed by atoms with Gasteiger partial charge >= 0.3 is 6.18 Å². The lowest BCUT2D eigenvalue weighted by molar-refractivity contribution is -0.137. The summed E-state index contributed by atoms with van der Waals surface area (Å²) < 4.78 is 51.9. The summed E-state index contributed by atoms with van der Waals surface area (Å²) in [5.41, 5.74) is -0.122. The lowest BCUT2D eigenvalue weighted by atomic mass is 10.1. The van der Waals surface area contributed by atoms with Gasteiger partial charge in [-0.05, 0) is 17.2 Å². The summed E-state index contributed by atoms with van der Waals surface area (Å²) in [7, 11) is 0. The Kier molecular flexibility index (Phi) is 6.71. The van der Waals surface area contributed by atoms with Crippen molar-refractivity contribution in [3.8, 4) is 34.3 Å². The van der Waals surface area contributed by atoms with Crippen LogP contribution in [0.25, 0.3) is 34.3 Å². The number of benzene rings is 2. The normalized spacial score (nSPS) is 12.3. The van der Waals surface area contributed by atoms with Crippen LogP contribution in [-0.4, -0.2) is 31.3 Å². The van der Waals surface area contributed by atoms with E-state index in [9.17, 15) is 23.1 Å². The average Bonchev–Trinajstić information content (AvgIpc) is 3.60. The van der Waals surface area contributed by atoms with E-state index < -0.39 is 41.1 Å². The van der Waals surface area contributed by atoms with Gasteiger partial charge in [0.2, 0.25) is 5.82 Å². The Bertz CT molecular complexity index is 1530. The second-order valence-corrected chi connectivity index (χ2v) is 8.13. The van der Waals surface area contributed by atoms with E-state index in [1.165, 1.54) is 36.4 Å². The van der Waals surface area contributed by atoms with Gasteiger partial charge in [0.15, 0.2) is 17.6 Å². The summed E-state index contributed by atoms with van der Waals surface area (Å²) in [6.07, 6.45) is -3.04. The van der Waals surface area contributed by atoms with Crippen LogP contribution in [-0.2, 0) is 17.5 Å². The molecule has 1 atom stereocenters. The molecule has 38 heavy (non-hydrogen) atoms. The minimum atomic E-state index is -4.80. The highest BCUT2D eigenvalue weighted by molar-refractivity contribution is 5.82. The van der Waals surface area contributed by atoms with Gasteiger partial charge in [-0.25, -0.2) is 0 Å². The van der Waals surface area contributed by atoms with Crippen LogP contribution in [0.4, 0.5) is 13.2 Å². The maximum atomic E-state index is 13.9. The molecule has 12 heteroatoms. The highest BCUT2D eigenvalue weighted by Crippen LogP contribution is 2.43. The molecule has 2 N–H and O–H groups in total. The number of aromatic nitrogens is 4. The summed E-state index contributed by atoms with van der Waals surface area (Å²) in [6, 6.07) is 17.2. The topological polar surface area (TPSA) is 127 Å². The number of hydrogen-bond donors (Lipinski definition) is 2. The Morgan fingerprint density at radius 3 is 2.39 bits per heavy atom. The zero-order valence-electron chi connectivity index (χ0n) is 19.4. The number of nitrogens with zero attached hydrogens (tertiary/aromatic N) is 4. The van der Waals surface area contributed by atoms with Crippen molar-refractivity contribution < 1.29 is 32.1 Å². The van der Waals surface area contributed by atoms with Crippen molar-refractivity contribution in [2.45, 2.75) is 18.8 Å². The maximum absolute atomic E-state index is 13.9. The van der Waals surface area contributed by atoms with E-state index in [1.54, 1.807) is 42.7 Å². The van der Waals surface area contributed by atoms with Gasteiger partial charge in [0.05, 0.1) is 0 Å². The van der Waals surface area contributed by atoms with E-state index in [4.69, 9.17) is 9.05 Å². The molecule has 0 aliphatic carbocycles. The van der Waals surface area contributed by atoms with Crippen LogP contribution in [0.15, 0.2) is 88.2 Å². The molecule has 0 spiro atoms. The Morgan fingerprint density at radius 2 is 1.71 bits per heavy atom.